The molecule has 0 N–H and O–H groups in total. The summed E-state index contributed by atoms with van der Waals surface area (Å²) in [7, 11) is -1.94. The Balaban J connectivity index is 1.18. The van der Waals surface area contributed by atoms with Crippen molar-refractivity contribution in [3.05, 3.63) is 164 Å². The molecule has 9 aromatic carbocycles. The maximum Gasteiger partial charge on any atom is 0.530 e. The molecule has 0 saturated carbocycles. The molecule has 0 amide bonds. The molecule has 0 aromatic heterocycles. The van der Waals surface area contributed by atoms with Crippen molar-refractivity contribution in [1.29, 1.82) is 0 Å². The smallest absolute Gasteiger partial charge is 0.408 e. The van der Waals surface area contributed by atoms with Crippen LogP contribution in [0.4, 0.5) is 0 Å². The van der Waals surface area contributed by atoms with Gasteiger partial charge in [0.2, 0.25) is 0 Å². The zero-order chi connectivity index (χ0) is 30.5. The van der Waals surface area contributed by atoms with Gasteiger partial charge in [-0.25, -0.2) is 0 Å². The normalized spacial score (nSPS) is 11.7. The van der Waals surface area contributed by atoms with Gasteiger partial charge in [-0.15, -0.1) is 0 Å². The Morgan fingerprint density at radius 3 is 0.826 bits per heavy atom. The molecule has 0 radical (unpaired) electrons. The largest absolute Gasteiger partial charge is 0.530 e. The molecule has 9 rings (SSSR count). The van der Waals surface area contributed by atoms with Crippen molar-refractivity contribution in [2.45, 2.75) is 0 Å². The maximum absolute atomic E-state index is 6.78. The second-order valence-electron chi connectivity index (χ2n) is 11.5. The van der Waals surface area contributed by atoms with Gasteiger partial charge in [0.15, 0.2) is 0 Å². The third kappa shape index (κ3) is 4.83. The van der Waals surface area contributed by atoms with E-state index in [1.54, 1.807) is 0 Å². The second kappa shape index (κ2) is 11.1. The van der Waals surface area contributed by atoms with Crippen molar-refractivity contribution >= 4 is 73.2 Å². The quantitative estimate of drug-likeness (QED) is 0.138. The second-order valence-corrected chi connectivity index (χ2v) is 12.5. The third-order valence-corrected chi connectivity index (χ3v) is 9.68. The maximum atomic E-state index is 6.78. The van der Waals surface area contributed by atoms with Gasteiger partial charge in [-0.2, -0.15) is 0 Å². The molecule has 0 aliphatic rings. The molecule has 4 heteroatoms. The molecule has 0 heterocycles. The van der Waals surface area contributed by atoms with Crippen LogP contribution in [0, 0.1) is 0 Å². The minimum Gasteiger partial charge on any atom is -0.408 e. The van der Waals surface area contributed by atoms with E-state index in [1.807, 2.05) is 36.4 Å². The topological polar surface area (TPSA) is 27.7 Å². The summed E-state index contributed by atoms with van der Waals surface area (Å²) in [4.78, 5) is 0. The van der Waals surface area contributed by atoms with Gasteiger partial charge in [-0.1, -0.05) is 109 Å². The van der Waals surface area contributed by atoms with Crippen molar-refractivity contribution in [1.82, 2.24) is 0 Å². The molecule has 218 valence electrons. The first-order chi connectivity index (χ1) is 22.7. The lowest BCUT2D eigenvalue weighted by Crippen LogP contribution is -2.03. The molecule has 0 unspecified atom stereocenters. The van der Waals surface area contributed by atoms with Gasteiger partial charge >= 0.3 is 8.60 Å². The molecule has 0 atom stereocenters. The summed E-state index contributed by atoms with van der Waals surface area (Å²) in [6.07, 6.45) is 0. The summed E-state index contributed by atoms with van der Waals surface area (Å²) in [6, 6.07) is 56.7. The van der Waals surface area contributed by atoms with Gasteiger partial charge in [-0.3, -0.25) is 0 Å². The van der Waals surface area contributed by atoms with E-state index in [0.29, 0.717) is 17.2 Å². The lowest BCUT2D eigenvalue weighted by Gasteiger charge is -2.21. The summed E-state index contributed by atoms with van der Waals surface area (Å²) in [5.41, 5.74) is 0. The molecule has 0 aliphatic heterocycles. The van der Waals surface area contributed by atoms with E-state index in [-0.39, 0.29) is 0 Å². The molecule has 0 saturated heterocycles. The Kier molecular flexibility index (Phi) is 6.43. The average Bonchev–Trinajstić information content (AvgIpc) is 3.09. The van der Waals surface area contributed by atoms with E-state index in [0.717, 1.165) is 48.5 Å². The van der Waals surface area contributed by atoms with E-state index >= 15 is 0 Å². The molecule has 9 aromatic rings. The standard InChI is InChI=1S/C42H27O3P/c1-4-13-31-25-37-34(22-28(31)10-1)16-7-19-40(37)43-46(44-41-20-8-17-35-23-29-11-2-5-14-32(29)26-38(35)41)45-42-21-9-18-36-24-30-12-3-6-15-33(30)27-39(36)42/h1-27H. The fourth-order valence-corrected chi connectivity index (χ4v) is 7.42. The highest BCUT2D eigenvalue weighted by Crippen LogP contribution is 2.48. The van der Waals surface area contributed by atoms with E-state index in [1.165, 1.54) is 16.2 Å². The van der Waals surface area contributed by atoms with Crippen LogP contribution in [0.1, 0.15) is 0 Å². The molecule has 46 heavy (non-hydrogen) atoms. The first-order valence-electron chi connectivity index (χ1n) is 15.3. The molecular formula is C42H27O3P. The van der Waals surface area contributed by atoms with Gasteiger partial charge in [0, 0.05) is 16.2 Å². The van der Waals surface area contributed by atoms with Crippen LogP contribution in [0.15, 0.2) is 164 Å². The fraction of sp³-hybridized carbons (Fsp3) is 0. The Morgan fingerprint density at radius 1 is 0.261 bits per heavy atom. The predicted molar refractivity (Wildman–Crippen MR) is 193 cm³/mol. The highest BCUT2D eigenvalue weighted by molar-refractivity contribution is 7.43. The molecule has 0 bridgehead atoms. The highest BCUT2D eigenvalue weighted by atomic mass is 31.2. The average molecular weight is 611 g/mol. The van der Waals surface area contributed by atoms with Crippen LogP contribution in [0.25, 0.3) is 64.6 Å². The molecule has 3 nitrogen and oxygen atoms in total. The van der Waals surface area contributed by atoms with Crippen LogP contribution < -0.4 is 13.6 Å². The number of hydrogen-bond donors (Lipinski definition) is 0. The van der Waals surface area contributed by atoms with Crippen molar-refractivity contribution < 1.29 is 13.6 Å². The Morgan fingerprint density at radius 2 is 0.522 bits per heavy atom. The number of benzene rings is 9. The van der Waals surface area contributed by atoms with Crippen LogP contribution >= 0.6 is 8.60 Å². The first kappa shape index (κ1) is 26.7. The summed E-state index contributed by atoms with van der Waals surface area (Å²) in [5, 5.41) is 13.3. The van der Waals surface area contributed by atoms with Gasteiger partial charge in [-0.05, 0) is 103 Å². The van der Waals surface area contributed by atoms with E-state index in [2.05, 4.69) is 127 Å². The van der Waals surface area contributed by atoms with Crippen molar-refractivity contribution in [3.8, 4) is 17.2 Å². The molecule has 0 spiro atoms. The number of hydrogen-bond acceptors (Lipinski definition) is 3. The number of fused-ring (bicyclic) bond motifs is 6. The van der Waals surface area contributed by atoms with Crippen LogP contribution in [-0.2, 0) is 0 Å². The highest BCUT2D eigenvalue weighted by Gasteiger charge is 2.23. The molecular weight excluding hydrogens is 583 g/mol. The lowest BCUT2D eigenvalue weighted by atomic mass is 10.0. The van der Waals surface area contributed by atoms with Gasteiger partial charge in [0.25, 0.3) is 0 Å². The Hall–Kier alpha value is -5.63. The number of rotatable bonds is 6. The molecule has 0 aliphatic carbocycles. The van der Waals surface area contributed by atoms with Gasteiger partial charge in [0.1, 0.15) is 17.2 Å². The zero-order valence-corrected chi connectivity index (χ0v) is 25.7. The van der Waals surface area contributed by atoms with Crippen LogP contribution in [-0.4, -0.2) is 0 Å². The fourth-order valence-electron chi connectivity index (χ4n) is 6.35. The summed E-state index contributed by atoms with van der Waals surface area (Å²) < 4.78 is 20.3. The monoisotopic (exact) mass is 610 g/mol. The minimum atomic E-state index is -1.94. The summed E-state index contributed by atoms with van der Waals surface area (Å²) in [6.45, 7) is 0. The summed E-state index contributed by atoms with van der Waals surface area (Å²) in [5.74, 6) is 2.14. The third-order valence-electron chi connectivity index (χ3n) is 8.64. The van der Waals surface area contributed by atoms with Crippen LogP contribution in [0.5, 0.6) is 17.2 Å². The molecule has 0 fully saturated rings. The van der Waals surface area contributed by atoms with Gasteiger partial charge < -0.3 is 13.6 Å². The van der Waals surface area contributed by atoms with Crippen LogP contribution in [0.3, 0.4) is 0 Å². The zero-order valence-electron chi connectivity index (χ0n) is 24.8. The van der Waals surface area contributed by atoms with E-state index < -0.39 is 8.60 Å². The van der Waals surface area contributed by atoms with Crippen molar-refractivity contribution in [2.75, 3.05) is 0 Å². The predicted octanol–water partition coefficient (Wildman–Crippen LogP) is 12.4. The van der Waals surface area contributed by atoms with E-state index in [9.17, 15) is 0 Å². The Labute approximate surface area is 267 Å². The van der Waals surface area contributed by atoms with Gasteiger partial charge in [0.05, 0.1) is 0 Å². The SMILES string of the molecule is c1ccc2cc3c(OP(Oc4cccc5cc6ccccc6cc45)Oc4cccc5cc6ccccc6cc45)cccc3cc2c1. The van der Waals surface area contributed by atoms with Crippen LogP contribution in [0.2, 0.25) is 0 Å². The minimum absolute atomic E-state index is 0.714. The lowest BCUT2D eigenvalue weighted by molar-refractivity contribution is 0.393. The summed E-state index contributed by atoms with van der Waals surface area (Å²) >= 11 is 0. The van der Waals surface area contributed by atoms with Crippen molar-refractivity contribution in [3.63, 3.8) is 0 Å². The first-order valence-corrected chi connectivity index (χ1v) is 16.4. The Bertz CT molecular complexity index is 2310. The van der Waals surface area contributed by atoms with E-state index in [4.69, 9.17) is 13.6 Å². The van der Waals surface area contributed by atoms with Crippen molar-refractivity contribution in [2.24, 2.45) is 0 Å².